The molecule has 36 heavy (non-hydrogen) atoms. The Hall–Kier alpha value is -4.11. The van der Waals surface area contributed by atoms with Crippen LogP contribution in [0.2, 0.25) is 0 Å². The van der Waals surface area contributed by atoms with Crippen molar-refractivity contribution in [3.05, 3.63) is 96.3 Å². The van der Waals surface area contributed by atoms with Crippen molar-refractivity contribution in [3.63, 3.8) is 0 Å². The Kier molecular flexibility index (Phi) is 6.99. The van der Waals surface area contributed by atoms with Crippen LogP contribution in [0.4, 0.5) is 0 Å². The minimum atomic E-state index is -0.196. The summed E-state index contributed by atoms with van der Waals surface area (Å²) in [5.41, 5.74) is 3.79. The lowest BCUT2D eigenvalue weighted by molar-refractivity contribution is -0.130. The molecule has 5 rings (SSSR count). The standard InChI is InChI=1S/C27H25N5O3S/c1-34-22-12-8-20(9-13-22)25-16-24(19-6-4-3-5-7-19)30-32(25)26(33)17-36-27-29-28-18-31(27)21-10-14-23(35-2)15-11-21/h3-15,18,25H,16-17H2,1-2H3. The summed E-state index contributed by atoms with van der Waals surface area (Å²) in [5.74, 6) is 1.61. The lowest BCUT2D eigenvalue weighted by atomic mass is 9.98. The van der Waals surface area contributed by atoms with Crippen LogP contribution in [0.15, 0.2) is 95.4 Å². The van der Waals surface area contributed by atoms with E-state index in [1.54, 1.807) is 25.6 Å². The van der Waals surface area contributed by atoms with E-state index in [2.05, 4.69) is 10.2 Å². The Labute approximate surface area is 213 Å². The van der Waals surface area contributed by atoms with Crippen LogP contribution in [-0.4, -0.2) is 51.4 Å². The summed E-state index contributed by atoms with van der Waals surface area (Å²) < 4.78 is 12.4. The quantitative estimate of drug-likeness (QED) is 0.325. The number of hydrogen-bond acceptors (Lipinski definition) is 7. The molecule has 1 atom stereocenters. The average Bonchev–Trinajstić information content (AvgIpc) is 3.60. The van der Waals surface area contributed by atoms with Gasteiger partial charge in [-0.2, -0.15) is 5.10 Å². The van der Waals surface area contributed by atoms with Gasteiger partial charge in [0.25, 0.3) is 5.91 Å². The van der Waals surface area contributed by atoms with E-state index in [1.807, 2.05) is 83.4 Å². The van der Waals surface area contributed by atoms with Crippen molar-refractivity contribution in [2.45, 2.75) is 17.6 Å². The van der Waals surface area contributed by atoms with Crippen molar-refractivity contribution in [2.24, 2.45) is 5.10 Å². The Morgan fingerprint density at radius 3 is 2.28 bits per heavy atom. The summed E-state index contributed by atoms with van der Waals surface area (Å²) in [6.45, 7) is 0. The molecule has 0 saturated carbocycles. The molecule has 0 bridgehead atoms. The van der Waals surface area contributed by atoms with E-state index in [-0.39, 0.29) is 17.7 Å². The number of rotatable bonds is 8. The predicted octanol–water partition coefficient (Wildman–Crippen LogP) is 4.75. The van der Waals surface area contributed by atoms with E-state index in [4.69, 9.17) is 14.6 Å². The number of thioether (sulfide) groups is 1. The molecule has 2 heterocycles. The third-order valence-corrected chi connectivity index (χ3v) is 6.89. The molecule has 182 valence electrons. The fourth-order valence-electron chi connectivity index (χ4n) is 4.07. The topological polar surface area (TPSA) is 81.8 Å². The fraction of sp³-hybridized carbons (Fsp3) is 0.185. The number of carbonyl (C=O) groups excluding carboxylic acids is 1. The molecule has 1 aliphatic rings. The smallest absolute Gasteiger partial charge is 0.253 e. The highest BCUT2D eigenvalue weighted by Crippen LogP contribution is 2.34. The van der Waals surface area contributed by atoms with Crippen molar-refractivity contribution in [2.75, 3.05) is 20.0 Å². The SMILES string of the molecule is COc1ccc(C2CC(c3ccccc3)=NN2C(=O)CSc2nncn2-c2ccc(OC)cc2)cc1. The zero-order valence-corrected chi connectivity index (χ0v) is 20.8. The third-order valence-electron chi connectivity index (χ3n) is 5.97. The van der Waals surface area contributed by atoms with E-state index < -0.39 is 0 Å². The summed E-state index contributed by atoms with van der Waals surface area (Å²) in [6.07, 6.45) is 2.27. The van der Waals surface area contributed by atoms with Crippen LogP contribution < -0.4 is 9.47 Å². The molecule has 0 spiro atoms. The normalized spacial score (nSPS) is 15.0. The van der Waals surface area contributed by atoms with Crippen LogP contribution >= 0.6 is 11.8 Å². The van der Waals surface area contributed by atoms with E-state index in [9.17, 15) is 4.79 Å². The Bertz CT molecular complexity index is 1350. The van der Waals surface area contributed by atoms with E-state index in [0.717, 1.165) is 34.0 Å². The van der Waals surface area contributed by atoms with Crippen LogP contribution in [-0.2, 0) is 4.79 Å². The zero-order chi connectivity index (χ0) is 24.9. The molecule has 8 nitrogen and oxygen atoms in total. The minimum absolute atomic E-state index is 0.101. The predicted molar refractivity (Wildman–Crippen MR) is 139 cm³/mol. The first kappa shape index (κ1) is 23.6. The number of aromatic nitrogens is 3. The number of nitrogens with zero attached hydrogens (tertiary/aromatic N) is 5. The van der Waals surface area contributed by atoms with E-state index in [1.165, 1.54) is 11.8 Å². The number of methoxy groups -OCH3 is 2. The summed E-state index contributed by atoms with van der Waals surface area (Å²) in [6, 6.07) is 25.1. The van der Waals surface area contributed by atoms with Crippen LogP contribution in [0.1, 0.15) is 23.6 Å². The minimum Gasteiger partial charge on any atom is -0.497 e. The first-order valence-corrected chi connectivity index (χ1v) is 12.4. The Morgan fingerprint density at radius 2 is 1.61 bits per heavy atom. The molecule has 0 aliphatic carbocycles. The molecule has 0 fully saturated rings. The molecule has 4 aromatic rings. The van der Waals surface area contributed by atoms with Crippen LogP contribution in [0.5, 0.6) is 11.5 Å². The van der Waals surface area contributed by atoms with E-state index >= 15 is 0 Å². The Morgan fingerprint density at radius 1 is 0.944 bits per heavy atom. The largest absolute Gasteiger partial charge is 0.497 e. The van der Waals surface area contributed by atoms with Gasteiger partial charge in [0.2, 0.25) is 0 Å². The number of ether oxygens (including phenoxy) is 2. The van der Waals surface area contributed by atoms with Gasteiger partial charge in [-0.25, -0.2) is 5.01 Å². The maximum atomic E-state index is 13.5. The molecule has 0 radical (unpaired) electrons. The van der Waals surface area contributed by atoms with Gasteiger partial charge in [0.15, 0.2) is 5.16 Å². The summed E-state index contributed by atoms with van der Waals surface area (Å²) in [4.78, 5) is 13.5. The second-order valence-corrected chi connectivity index (χ2v) is 9.06. The highest BCUT2D eigenvalue weighted by atomic mass is 32.2. The maximum Gasteiger partial charge on any atom is 0.253 e. The van der Waals surface area contributed by atoms with Gasteiger partial charge in [-0.05, 0) is 47.5 Å². The van der Waals surface area contributed by atoms with Crippen LogP contribution in [0, 0.1) is 0 Å². The van der Waals surface area contributed by atoms with Gasteiger partial charge < -0.3 is 9.47 Å². The first-order valence-electron chi connectivity index (χ1n) is 11.4. The average molecular weight is 500 g/mol. The monoisotopic (exact) mass is 499 g/mol. The van der Waals surface area contributed by atoms with Gasteiger partial charge in [-0.3, -0.25) is 9.36 Å². The molecule has 1 unspecified atom stereocenters. The van der Waals surface area contributed by atoms with Gasteiger partial charge in [-0.15, -0.1) is 10.2 Å². The van der Waals surface area contributed by atoms with Crippen molar-refractivity contribution in [1.29, 1.82) is 0 Å². The van der Waals surface area contributed by atoms with Gasteiger partial charge in [0.1, 0.15) is 17.8 Å². The molecular formula is C27H25N5O3S. The number of carbonyl (C=O) groups is 1. The van der Waals surface area contributed by atoms with Crippen molar-refractivity contribution in [3.8, 4) is 17.2 Å². The molecule has 0 N–H and O–H groups in total. The number of hydrazone groups is 1. The van der Waals surface area contributed by atoms with Crippen molar-refractivity contribution < 1.29 is 14.3 Å². The molecule has 3 aromatic carbocycles. The third kappa shape index (κ3) is 4.96. The number of hydrogen-bond donors (Lipinski definition) is 0. The van der Waals surface area contributed by atoms with Crippen molar-refractivity contribution in [1.82, 2.24) is 19.8 Å². The summed E-state index contributed by atoms with van der Waals surface area (Å²) in [7, 11) is 3.27. The second kappa shape index (κ2) is 10.7. The second-order valence-electron chi connectivity index (χ2n) is 8.11. The van der Waals surface area contributed by atoms with Crippen LogP contribution in [0.3, 0.4) is 0 Å². The van der Waals surface area contributed by atoms with Crippen molar-refractivity contribution >= 4 is 23.4 Å². The van der Waals surface area contributed by atoms with Gasteiger partial charge in [0.05, 0.1) is 31.7 Å². The van der Waals surface area contributed by atoms with Gasteiger partial charge in [0, 0.05) is 12.1 Å². The highest BCUT2D eigenvalue weighted by Gasteiger charge is 2.33. The molecular weight excluding hydrogens is 474 g/mol. The van der Waals surface area contributed by atoms with Gasteiger partial charge >= 0.3 is 0 Å². The lowest BCUT2D eigenvalue weighted by Crippen LogP contribution is -2.28. The molecule has 0 saturated heterocycles. The van der Waals surface area contributed by atoms with Gasteiger partial charge in [-0.1, -0.05) is 54.2 Å². The van der Waals surface area contributed by atoms with E-state index in [0.29, 0.717) is 11.6 Å². The first-order chi connectivity index (χ1) is 17.7. The highest BCUT2D eigenvalue weighted by molar-refractivity contribution is 7.99. The zero-order valence-electron chi connectivity index (χ0n) is 19.9. The molecule has 1 aromatic heterocycles. The number of amides is 1. The molecule has 9 heteroatoms. The van der Waals surface area contributed by atoms with Crippen LogP contribution in [0.25, 0.3) is 5.69 Å². The molecule has 1 amide bonds. The summed E-state index contributed by atoms with van der Waals surface area (Å²) >= 11 is 1.33. The number of benzene rings is 3. The Balaban J connectivity index is 1.36. The fourth-order valence-corrected chi connectivity index (χ4v) is 4.85. The maximum absolute atomic E-state index is 13.5. The lowest BCUT2D eigenvalue weighted by Gasteiger charge is -2.22. The summed E-state index contributed by atoms with van der Waals surface area (Å²) in [5, 5.41) is 15.2. The molecule has 1 aliphatic heterocycles.